The van der Waals surface area contributed by atoms with Crippen molar-refractivity contribution >= 4 is 22.8 Å². The van der Waals surface area contributed by atoms with Crippen LogP contribution in [0.3, 0.4) is 0 Å². The van der Waals surface area contributed by atoms with Crippen molar-refractivity contribution in [1.82, 2.24) is 9.47 Å². The minimum absolute atomic E-state index is 0.200. The molecule has 1 N–H and O–H groups in total. The molecule has 6 heteroatoms. The van der Waals surface area contributed by atoms with Crippen LogP contribution in [0.5, 0.6) is 0 Å². The molecular formula is C19H24N2O4. The zero-order chi connectivity index (χ0) is 18.1. The maximum absolute atomic E-state index is 12.8. The Kier molecular flexibility index (Phi) is 4.81. The molecule has 1 unspecified atom stereocenters. The van der Waals surface area contributed by atoms with Crippen molar-refractivity contribution in [2.45, 2.75) is 39.3 Å². The van der Waals surface area contributed by atoms with Crippen molar-refractivity contribution in [3.05, 3.63) is 35.0 Å². The number of rotatable bonds is 5. The lowest BCUT2D eigenvalue weighted by Gasteiger charge is -2.21. The number of methoxy groups -OCH3 is 1. The first kappa shape index (κ1) is 17.5. The molecule has 1 aliphatic heterocycles. The minimum Gasteiger partial charge on any atom is -0.480 e. The molecule has 2 aromatic rings. The van der Waals surface area contributed by atoms with Gasteiger partial charge in [0.15, 0.2) is 0 Å². The summed E-state index contributed by atoms with van der Waals surface area (Å²) in [6.45, 7) is 5.99. The molecule has 1 amide bonds. The fraction of sp³-hybridized carbons (Fsp3) is 0.474. The number of benzene rings is 1. The van der Waals surface area contributed by atoms with Crippen LogP contribution in [0.25, 0.3) is 10.9 Å². The average Bonchev–Trinajstić information content (AvgIpc) is 3.18. The summed E-state index contributed by atoms with van der Waals surface area (Å²) in [6, 6.07) is 4.92. The molecule has 134 valence electrons. The first-order chi connectivity index (χ1) is 12.0. The molecule has 1 aromatic carbocycles. The minimum atomic E-state index is -0.926. The number of fused-ring (bicyclic) bond motifs is 1. The van der Waals surface area contributed by atoms with Gasteiger partial charge in [0.1, 0.15) is 6.04 Å². The molecule has 0 radical (unpaired) electrons. The lowest BCUT2D eigenvalue weighted by Crippen LogP contribution is -2.40. The Morgan fingerprint density at radius 3 is 2.76 bits per heavy atom. The number of ether oxygens (including phenoxy) is 1. The molecule has 0 aliphatic carbocycles. The molecule has 0 bridgehead atoms. The molecule has 1 fully saturated rings. The summed E-state index contributed by atoms with van der Waals surface area (Å²) in [6.07, 6.45) is 1.26. The summed E-state index contributed by atoms with van der Waals surface area (Å²) < 4.78 is 7.38. The predicted molar refractivity (Wildman–Crippen MR) is 95.0 cm³/mol. The number of hydrogen-bond acceptors (Lipinski definition) is 3. The van der Waals surface area contributed by atoms with Crippen LogP contribution in [0.15, 0.2) is 18.2 Å². The van der Waals surface area contributed by atoms with Crippen LogP contribution in [0, 0.1) is 13.8 Å². The highest BCUT2D eigenvalue weighted by Gasteiger charge is 2.34. The molecule has 25 heavy (non-hydrogen) atoms. The molecule has 1 aliphatic rings. The lowest BCUT2D eigenvalue weighted by molar-refractivity contribution is -0.141. The summed E-state index contributed by atoms with van der Waals surface area (Å²) in [7, 11) is 1.68. The van der Waals surface area contributed by atoms with Crippen LogP contribution < -0.4 is 0 Å². The molecule has 1 saturated heterocycles. The number of carboxylic acids is 1. The summed E-state index contributed by atoms with van der Waals surface area (Å²) in [5.74, 6) is -1.13. The highest BCUT2D eigenvalue weighted by molar-refractivity contribution is 6.00. The SMILES string of the molecule is COCCn1c(C)c(C)c2cc(C(=O)N3CCCC3C(=O)O)ccc21. The third-order valence-electron chi connectivity index (χ3n) is 5.20. The summed E-state index contributed by atoms with van der Waals surface area (Å²) in [5, 5.41) is 10.3. The number of carbonyl (C=O) groups is 2. The van der Waals surface area contributed by atoms with Gasteiger partial charge in [-0.1, -0.05) is 0 Å². The molecule has 1 aromatic heterocycles. The number of nitrogens with zero attached hydrogens (tertiary/aromatic N) is 2. The number of aryl methyl sites for hydroxylation is 1. The van der Waals surface area contributed by atoms with Crippen molar-refractivity contribution in [1.29, 1.82) is 0 Å². The van der Waals surface area contributed by atoms with Crippen LogP contribution >= 0.6 is 0 Å². The van der Waals surface area contributed by atoms with Gasteiger partial charge in [-0.15, -0.1) is 0 Å². The van der Waals surface area contributed by atoms with Crippen LogP contribution in [0.4, 0.5) is 0 Å². The Labute approximate surface area is 147 Å². The number of aromatic nitrogens is 1. The quantitative estimate of drug-likeness (QED) is 0.905. The van der Waals surface area contributed by atoms with Gasteiger partial charge in [-0.2, -0.15) is 0 Å². The van der Waals surface area contributed by atoms with Gasteiger partial charge in [-0.3, -0.25) is 4.79 Å². The number of hydrogen-bond donors (Lipinski definition) is 1. The Hall–Kier alpha value is -2.34. The van der Waals surface area contributed by atoms with Gasteiger partial charge in [0.25, 0.3) is 5.91 Å². The first-order valence-electron chi connectivity index (χ1n) is 8.58. The van der Waals surface area contributed by atoms with Gasteiger partial charge < -0.3 is 19.3 Å². The molecule has 6 nitrogen and oxygen atoms in total. The first-order valence-corrected chi connectivity index (χ1v) is 8.58. The van der Waals surface area contributed by atoms with E-state index in [0.717, 1.165) is 35.1 Å². The lowest BCUT2D eigenvalue weighted by atomic mass is 10.1. The topological polar surface area (TPSA) is 71.8 Å². The van der Waals surface area contributed by atoms with E-state index < -0.39 is 12.0 Å². The summed E-state index contributed by atoms with van der Waals surface area (Å²) in [4.78, 5) is 25.6. The zero-order valence-electron chi connectivity index (χ0n) is 14.9. The van der Waals surface area contributed by atoms with Crippen molar-refractivity contribution in [2.75, 3.05) is 20.3 Å². The molecule has 1 atom stereocenters. The van der Waals surface area contributed by atoms with Crippen LogP contribution in [-0.4, -0.2) is 52.8 Å². The van der Waals surface area contributed by atoms with Crippen molar-refractivity contribution in [3.8, 4) is 0 Å². The smallest absolute Gasteiger partial charge is 0.326 e. The highest BCUT2D eigenvalue weighted by Crippen LogP contribution is 2.28. The van der Waals surface area contributed by atoms with Gasteiger partial charge in [0, 0.05) is 42.4 Å². The van der Waals surface area contributed by atoms with Gasteiger partial charge in [0.05, 0.1) is 6.61 Å². The summed E-state index contributed by atoms with van der Waals surface area (Å²) >= 11 is 0. The van der Waals surface area contributed by atoms with Crippen molar-refractivity contribution in [3.63, 3.8) is 0 Å². The standard InChI is InChI=1S/C19H24N2O4/c1-12-13(2)20(9-10-25-3)16-7-6-14(11-15(12)16)18(22)21-8-4-5-17(21)19(23)24/h6-7,11,17H,4-5,8-10H2,1-3H3,(H,23,24). The van der Waals surface area contributed by atoms with Gasteiger partial charge in [-0.05, 0) is 50.5 Å². The zero-order valence-corrected chi connectivity index (χ0v) is 14.9. The second-order valence-electron chi connectivity index (χ2n) is 6.58. The maximum atomic E-state index is 12.8. The van der Waals surface area contributed by atoms with E-state index in [2.05, 4.69) is 11.5 Å². The van der Waals surface area contributed by atoms with E-state index in [9.17, 15) is 14.7 Å². The van der Waals surface area contributed by atoms with Crippen LogP contribution in [-0.2, 0) is 16.1 Å². The molecular weight excluding hydrogens is 320 g/mol. The van der Waals surface area contributed by atoms with E-state index in [1.54, 1.807) is 13.2 Å². The number of amides is 1. The van der Waals surface area contributed by atoms with Gasteiger partial charge in [-0.25, -0.2) is 4.79 Å². The summed E-state index contributed by atoms with van der Waals surface area (Å²) in [5.41, 5.74) is 3.91. The number of likely N-dealkylation sites (tertiary alicyclic amines) is 1. The van der Waals surface area contributed by atoms with Gasteiger partial charge in [0.2, 0.25) is 0 Å². The average molecular weight is 344 g/mol. The fourth-order valence-electron chi connectivity index (χ4n) is 3.69. The Bertz CT molecular complexity index is 824. The van der Waals surface area contributed by atoms with E-state index in [1.807, 2.05) is 19.1 Å². The fourth-order valence-corrected chi connectivity index (χ4v) is 3.69. The van der Waals surface area contributed by atoms with E-state index in [1.165, 1.54) is 4.90 Å². The molecule has 2 heterocycles. The highest BCUT2D eigenvalue weighted by atomic mass is 16.5. The second-order valence-corrected chi connectivity index (χ2v) is 6.58. The monoisotopic (exact) mass is 344 g/mol. The van der Waals surface area contributed by atoms with E-state index >= 15 is 0 Å². The Balaban J connectivity index is 1.97. The second kappa shape index (κ2) is 6.88. The number of carboxylic acid groups (broad SMARTS) is 1. The Morgan fingerprint density at radius 1 is 1.32 bits per heavy atom. The molecule has 0 spiro atoms. The third-order valence-corrected chi connectivity index (χ3v) is 5.20. The molecule has 0 saturated carbocycles. The van der Waals surface area contributed by atoms with E-state index in [0.29, 0.717) is 25.1 Å². The number of aliphatic carboxylic acids is 1. The van der Waals surface area contributed by atoms with E-state index in [-0.39, 0.29) is 5.91 Å². The maximum Gasteiger partial charge on any atom is 0.326 e. The van der Waals surface area contributed by atoms with Crippen molar-refractivity contribution < 1.29 is 19.4 Å². The predicted octanol–water partition coefficient (Wildman–Crippen LogP) is 2.59. The molecule has 3 rings (SSSR count). The largest absolute Gasteiger partial charge is 0.480 e. The van der Waals surface area contributed by atoms with Gasteiger partial charge >= 0.3 is 5.97 Å². The normalized spacial score (nSPS) is 17.4. The van der Waals surface area contributed by atoms with Crippen LogP contribution in [0.2, 0.25) is 0 Å². The van der Waals surface area contributed by atoms with E-state index in [4.69, 9.17) is 4.74 Å². The third kappa shape index (κ3) is 3.02. The number of carbonyl (C=O) groups excluding carboxylic acids is 1. The van der Waals surface area contributed by atoms with Crippen LogP contribution in [0.1, 0.15) is 34.5 Å². The Morgan fingerprint density at radius 2 is 2.08 bits per heavy atom. The van der Waals surface area contributed by atoms with Crippen molar-refractivity contribution in [2.24, 2.45) is 0 Å².